The summed E-state index contributed by atoms with van der Waals surface area (Å²) in [5.41, 5.74) is 3.01. The maximum Gasteiger partial charge on any atom is 0.223 e. The van der Waals surface area contributed by atoms with Crippen LogP contribution in [0.4, 0.5) is 5.95 Å². The zero-order chi connectivity index (χ0) is 20.1. The van der Waals surface area contributed by atoms with E-state index in [1.807, 2.05) is 31.5 Å². The summed E-state index contributed by atoms with van der Waals surface area (Å²) in [7, 11) is 0. The Morgan fingerprint density at radius 3 is 2.52 bits per heavy atom. The van der Waals surface area contributed by atoms with Gasteiger partial charge in [0.15, 0.2) is 0 Å². The van der Waals surface area contributed by atoms with Gasteiger partial charge in [-0.25, -0.2) is 9.97 Å². The molecule has 2 heterocycles. The van der Waals surface area contributed by atoms with E-state index in [1.165, 1.54) is 64.2 Å². The van der Waals surface area contributed by atoms with Gasteiger partial charge >= 0.3 is 0 Å². The molecule has 0 saturated heterocycles. The largest absolute Gasteiger partial charge is 0.351 e. The highest BCUT2D eigenvalue weighted by atomic mass is 15.1. The van der Waals surface area contributed by atoms with Gasteiger partial charge in [0.1, 0.15) is 0 Å². The second-order valence-electron chi connectivity index (χ2n) is 9.36. The van der Waals surface area contributed by atoms with Crippen molar-refractivity contribution in [2.24, 2.45) is 17.8 Å². The summed E-state index contributed by atoms with van der Waals surface area (Å²) in [4.78, 5) is 13.7. The van der Waals surface area contributed by atoms with Gasteiger partial charge in [-0.05, 0) is 62.1 Å². The number of aromatic nitrogens is 3. The molecule has 0 radical (unpaired) electrons. The van der Waals surface area contributed by atoms with Crippen molar-refractivity contribution in [3.63, 3.8) is 0 Å². The molecule has 2 fully saturated rings. The molecular formula is C25H36N4. The third-order valence-electron chi connectivity index (χ3n) is 7.19. The first-order valence-electron chi connectivity index (χ1n) is 11.7. The van der Waals surface area contributed by atoms with Gasteiger partial charge < -0.3 is 5.32 Å². The van der Waals surface area contributed by atoms with Crippen LogP contribution in [0.25, 0.3) is 11.3 Å². The van der Waals surface area contributed by atoms with Crippen molar-refractivity contribution in [2.45, 2.75) is 84.1 Å². The van der Waals surface area contributed by atoms with E-state index in [0.717, 1.165) is 40.7 Å². The highest BCUT2D eigenvalue weighted by Gasteiger charge is 2.27. The lowest BCUT2D eigenvalue weighted by molar-refractivity contribution is 0.204. The van der Waals surface area contributed by atoms with Crippen molar-refractivity contribution in [3.8, 4) is 11.3 Å². The zero-order valence-corrected chi connectivity index (χ0v) is 18.1. The summed E-state index contributed by atoms with van der Waals surface area (Å²) in [5, 5.41) is 3.64. The summed E-state index contributed by atoms with van der Waals surface area (Å²) < 4.78 is 0. The first kappa shape index (κ1) is 20.3. The van der Waals surface area contributed by atoms with Crippen molar-refractivity contribution in [2.75, 3.05) is 5.32 Å². The predicted molar refractivity (Wildman–Crippen MR) is 120 cm³/mol. The standard InChI is InChI=1S/C25H36N4/c1-3-19-8-10-20(11-9-19)15-21-5-4-6-23(16-21)28-25-26-14-13-24(29-25)22-12-7-18(2)27-17-22/h7,12-14,17,19-21,23H,3-6,8-11,15-16H2,1-2H3,(H,26,28,29). The molecule has 2 saturated carbocycles. The number of anilines is 1. The van der Waals surface area contributed by atoms with Crippen LogP contribution in [0.2, 0.25) is 0 Å². The third-order valence-corrected chi connectivity index (χ3v) is 7.19. The summed E-state index contributed by atoms with van der Waals surface area (Å²) in [6.45, 7) is 4.36. The fourth-order valence-electron chi connectivity index (χ4n) is 5.37. The molecule has 0 amide bonds. The molecule has 2 atom stereocenters. The maximum absolute atomic E-state index is 4.76. The third kappa shape index (κ3) is 5.55. The molecule has 4 heteroatoms. The molecule has 2 aliphatic carbocycles. The molecule has 0 aliphatic heterocycles. The van der Waals surface area contributed by atoms with E-state index in [2.05, 4.69) is 28.3 Å². The van der Waals surface area contributed by atoms with Crippen LogP contribution in [0, 0.1) is 24.7 Å². The number of rotatable bonds is 6. The number of hydrogen-bond acceptors (Lipinski definition) is 4. The number of nitrogens with zero attached hydrogens (tertiary/aromatic N) is 3. The molecule has 4 nitrogen and oxygen atoms in total. The highest BCUT2D eigenvalue weighted by molar-refractivity contribution is 5.58. The van der Waals surface area contributed by atoms with E-state index in [0.29, 0.717) is 6.04 Å². The fraction of sp³-hybridized carbons (Fsp3) is 0.640. The lowest BCUT2D eigenvalue weighted by Crippen LogP contribution is -2.29. The highest BCUT2D eigenvalue weighted by Crippen LogP contribution is 2.38. The maximum atomic E-state index is 4.76. The Kier molecular flexibility index (Phi) is 6.78. The number of hydrogen-bond donors (Lipinski definition) is 1. The lowest BCUT2D eigenvalue weighted by atomic mass is 9.74. The molecule has 4 rings (SSSR count). The van der Waals surface area contributed by atoms with Gasteiger partial charge in [-0.1, -0.05) is 51.9 Å². The van der Waals surface area contributed by atoms with E-state index >= 15 is 0 Å². The van der Waals surface area contributed by atoms with Crippen molar-refractivity contribution in [1.82, 2.24) is 15.0 Å². The molecule has 0 spiro atoms. The van der Waals surface area contributed by atoms with E-state index in [1.54, 1.807) is 0 Å². The molecule has 0 aromatic carbocycles. The van der Waals surface area contributed by atoms with Gasteiger partial charge in [0.05, 0.1) is 5.69 Å². The van der Waals surface area contributed by atoms with Crippen LogP contribution in [0.5, 0.6) is 0 Å². The predicted octanol–water partition coefficient (Wildman–Crippen LogP) is 6.42. The van der Waals surface area contributed by atoms with Crippen LogP contribution >= 0.6 is 0 Å². The first-order valence-corrected chi connectivity index (χ1v) is 11.7. The van der Waals surface area contributed by atoms with Gasteiger partial charge in [0.2, 0.25) is 5.95 Å². The van der Waals surface area contributed by atoms with Gasteiger partial charge in [0.25, 0.3) is 0 Å². The zero-order valence-electron chi connectivity index (χ0n) is 18.1. The topological polar surface area (TPSA) is 50.7 Å². The summed E-state index contributed by atoms with van der Waals surface area (Å²) in [6.07, 6.45) is 17.6. The number of nitrogens with one attached hydrogen (secondary N) is 1. The molecule has 2 aromatic rings. The number of pyridine rings is 1. The average molecular weight is 393 g/mol. The smallest absolute Gasteiger partial charge is 0.223 e. The Bertz CT molecular complexity index is 765. The molecule has 2 aliphatic rings. The molecule has 0 bridgehead atoms. The minimum Gasteiger partial charge on any atom is -0.351 e. The van der Waals surface area contributed by atoms with Crippen LogP contribution < -0.4 is 5.32 Å². The Labute approximate surface area is 176 Å². The SMILES string of the molecule is CCC1CCC(CC2CCCC(Nc3nccc(-c4ccc(C)nc4)n3)C2)CC1. The quantitative estimate of drug-likeness (QED) is 0.616. The Hall–Kier alpha value is -1.97. The summed E-state index contributed by atoms with van der Waals surface area (Å²) in [6, 6.07) is 6.59. The number of aryl methyl sites for hydroxylation is 1. The fourth-order valence-corrected chi connectivity index (χ4v) is 5.37. The molecule has 156 valence electrons. The Morgan fingerprint density at radius 2 is 1.76 bits per heavy atom. The van der Waals surface area contributed by atoms with Gasteiger partial charge in [0, 0.05) is 29.7 Å². The second-order valence-corrected chi connectivity index (χ2v) is 9.36. The monoisotopic (exact) mass is 392 g/mol. The molecule has 1 N–H and O–H groups in total. The summed E-state index contributed by atoms with van der Waals surface area (Å²) in [5.74, 6) is 3.60. The molecule has 2 aromatic heterocycles. The van der Waals surface area contributed by atoms with E-state index in [4.69, 9.17) is 4.98 Å². The average Bonchev–Trinajstić information content (AvgIpc) is 2.75. The Morgan fingerprint density at radius 1 is 0.931 bits per heavy atom. The van der Waals surface area contributed by atoms with Crippen molar-refractivity contribution < 1.29 is 0 Å². The molecular weight excluding hydrogens is 356 g/mol. The van der Waals surface area contributed by atoms with Gasteiger partial charge in [-0.15, -0.1) is 0 Å². The van der Waals surface area contributed by atoms with E-state index in [9.17, 15) is 0 Å². The summed E-state index contributed by atoms with van der Waals surface area (Å²) >= 11 is 0. The normalized spacial score (nSPS) is 27.5. The molecule has 2 unspecified atom stereocenters. The van der Waals surface area contributed by atoms with E-state index < -0.39 is 0 Å². The van der Waals surface area contributed by atoms with Crippen molar-refractivity contribution in [3.05, 3.63) is 36.3 Å². The Balaban J connectivity index is 1.32. The van der Waals surface area contributed by atoms with E-state index in [-0.39, 0.29) is 0 Å². The molecule has 29 heavy (non-hydrogen) atoms. The minimum absolute atomic E-state index is 0.507. The van der Waals surface area contributed by atoms with Crippen LogP contribution in [-0.2, 0) is 0 Å². The van der Waals surface area contributed by atoms with Crippen molar-refractivity contribution in [1.29, 1.82) is 0 Å². The van der Waals surface area contributed by atoms with Crippen LogP contribution in [0.1, 0.15) is 76.8 Å². The first-order chi connectivity index (χ1) is 14.2. The van der Waals surface area contributed by atoms with Gasteiger partial charge in [-0.3, -0.25) is 4.98 Å². The lowest BCUT2D eigenvalue weighted by Gasteiger charge is -2.34. The van der Waals surface area contributed by atoms with Gasteiger partial charge in [-0.2, -0.15) is 0 Å². The van der Waals surface area contributed by atoms with Crippen LogP contribution in [-0.4, -0.2) is 21.0 Å². The van der Waals surface area contributed by atoms with Crippen LogP contribution in [0.3, 0.4) is 0 Å². The van der Waals surface area contributed by atoms with Crippen molar-refractivity contribution >= 4 is 5.95 Å². The minimum atomic E-state index is 0.507. The second kappa shape index (κ2) is 9.69. The van der Waals surface area contributed by atoms with Crippen LogP contribution in [0.15, 0.2) is 30.6 Å².